The fourth-order valence-electron chi connectivity index (χ4n) is 2.72. The zero-order valence-corrected chi connectivity index (χ0v) is 13.0. The van der Waals surface area contributed by atoms with Gasteiger partial charge in [-0.05, 0) is 24.6 Å². The van der Waals surface area contributed by atoms with Crippen LogP contribution in [0.2, 0.25) is 0 Å². The number of fused-ring (bicyclic) bond motifs is 1. The number of nitrogens with two attached hydrogens (primary N) is 1. The molecule has 1 aliphatic heterocycles. The molecule has 24 heavy (non-hydrogen) atoms. The Morgan fingerprint density at radius 2 is 2.12 bits per heavy atom. The Balaban J connectivity index is 2.30. The third-order valence-electron chi connectivity index (χ3n) is 3.79. The SMILES string of the molecule is COc1cc([C@@H]2C(C#N)=C(N)Oc3cc(C)oc(=O)c32)ccc1O. The van der Waals surface area contributed by atoms with E-state index in [-0.39, 0.29) is 34.3 Å². The molecule has 0 spiro atoms. The molecule has 0 aliphatic carbocycles. The van der Waals surface area contributed by atoms with Gasteiger partial charge in [-0.2, -0.15) is 5.26 Å². The third kappa shape index (κ3) is 2.34. The summed E-state index contributed by atoms with van der Waals surface area (Å²) in [6, 6.07) is 8.07. The normalized spacial score (nSPS) is 16.1. The molecule has 3 rings (SSSR count). The summed E-state index contributed by atoms with van der Waals surface area (Å²) in [6.45, 7) is 1.61. The molecule has 0 bridgehead atoms. The summed E-state index contributed by atoms with van der Waals surface area (Å²) in [4.78, 5) is 12.4. The molecular weight excluding hydrogens is 312 g/mol. The second-order valence-corrected chi connectivity index (χ2v) is 5.28. The van der Waals surface area contributed by atoms with E-state index in [4.69, 9.17) is 19.6 Å². The highest BCUT2D eigenvalue weighted by atomic mass is 16.5. The van der Waals surface area contributed by atoms with Gasteiger partial charge in [0.05, 0.1) is 18.6 Å². The zero-order valence-electron chi connectivity index (χ0n) is 13.0. The van der Waals surface area contributed by atoms with E-state index in [0.29, 0.717) is 11.3 Å². The molecule has 3 N–H and O–H groups in total. The van der Waals surface area contributed by atoms with Crippen LogP contribution in [0, 0.1) is 18.3 Å². The van der Waals surface area contributed by atoms with E-state index >= 15 is 0 Å². The maximum Gasteiger partial charge on any atom is 0.343 e. The van der Waals surface area contributed by atoms with Crippen molar-refractivity contribution in [1.82, 2.24) is 0 Å². The van der Waals surface area contributed by atoms with Gasteiger partial charge in [0.25, 0.3) is 0 Å². The van der Waals surface area contributed by atoms with Gasteiger partial charge in [0, 0.05) is 6.07 Å². The van der Waals surface area contributed by atoms with Gasteiger partial charge < -0.3 is 24.7 Å². The molecule has 1 aromatic carbocycles. The predicted octanol–water partition coefficient (Wildman–Crippen LogP) is 1.88. The summed E-state index contributed by atoms with van der Waals surface area (Å²) in [7, 11) is 1.41. The molecule has 1 aromatic heterocycles. The summed E-state index contributed by atoms with van der Waals surface area (Å²) in [6.07, 6.45) is 0. The van der Waals surface area contributed by atoms with Crippen molar-refractivity contribution in [3.63, 3.8) is 0 Å². The summed E-state index contributed by atoms with van der Waals surface area (Å²) in [5.74, 6) is -0.0729. The van der Waals surface area contributed by atoms with Crippen molar-refractivity contribution in [3.05, 3.63) is 63.0 Å². The number of hydrogen-bond acceptors (Lipinski definition) is 7. The highest BCUT2D eigenvalue weighted by Crippen LogP contribution is 2.42. The minimum absolute atomic E-state index is 0.0556. The first-order valence-corrected chi connectivity index (χ1v) is 7.05. The molecule has 7 heteroatoms. The van der Waals surface area contributed by atoms with E-state index in [1.807, 2.05) is 6.07 Å². The first-order valence-electron chi connectivity index (χ1n) is 7.05. The number of phenols is 1. The lowest BCUT2D eigenvalue weighted by Gasteiger charge is -2.25. The van der Waals surface area contributed by atoms with Crippen LogP contribution >= 0.6 is 0 Å². The number of nitriles is 1. The average molecular weight is 326 g/mol. The van der Waals surface area contributed by atoms with Crippen molar-refractivity contribution >= 4 is 0 Å². The quantitative estimate of drug-likeness (QED) is 0.864. The lowest BCUT2D eigenvalue weighted by atomic mass is 9.84. The van der Waals surface area contributed by atoms with Crippen LogP contribution in [0.25, 0.3) is 0 Å². The van der Waals surface area contributed by atoms with E-state index in [1.165, 1.54) is 13.2 Å². The van der Waals surface area contributed by atoms with Crippen LogP contribution in [-0.4, -0.2) is 12.2 Å². The van der Waals surface area contributed by atoms with Crippen molar-refractivity contribution in [1.29, 1.82) is 5.26 Å². The predicted molar refractivity (Wildman–Crippen MR) is 83.7 cm³/mol. The molecule has 0 unspecified atom stereocenters. The van der Waals surface area contributed by atoms with Crippen LogP contribution < -0.4 is 20.8 Å². The van der Waals surface area contributed by atoms with Crippen LogP contribution in [0.1, 0.15) is 22.8 Å². The van der Waals surface area contributed by atoms with Crippen molar-refractivity contribution in [3.8, 4) is 23.3 Å². The van der Waals surface area contributed by atoms with Gasteiger partial charge >= 0.3 is 5.63 Å². The van der Waals surface area contributed by atoms with Gasteiger partial charge in [0.2, 0.25) is 5.88 Å². The van der Waals surface area contributed by atoms with Crippen molar-refractivity contribution in [2.45, 2.75) is 12.8 Å². The molecule has 0 saturated carbocycles. The number of ether oxygens (including phenoxy) is 2. The third-order valence-corrected chi connectivity index (χ3v) is 3.79. The van der Waals surface area contributed by atoms with Crippen molar-refractivity contribution in [2.75, 3.05) is 7.11 Å². The highest BCUT2D eigenvalue weighted by Gasteiger charge is 2.34. The average Bonchev–Trinajstić information content (AvgIpc) is 2.53. The Labute approximate surface area is 137 Å². The van der Waals surface area contributed by atoms with Gasteiger partial charge in [-0.25, -0.2) is 4.79 Å². The van der Waals surface area contributed by atoms with Crippen LogP contribution in [-0.2, 0) is 0 Å². The van der Waals surface area contributed by atoms with Crippen molar-refractivity contribution < 1.29 is 19.0 Å². The van der Waals surface area contributed by atoms with Gasteiger partial charge in [-0.3, -0.25) is 0 Å². The molecule has 7 nitrogen and oxygen atoms in total. The summed E-state index contributed by atoms with van der Waals surface area (Å²) in [5, 5.41) is 19.2. The standard InChI is InChI=1S/C17H14N2O5/c1-8-5-13-15(17(21)23-8)14(10(7-18)16(19)24-13)9-3-4-11(20)12(6-9)22-2/h3-6,14,20H,19H2,1-2H3/t14-/m1/s1. The minimum Gasteiger partial charge on any atom is -0.504 e. The molecule has 1 aliphatic rings. The fourth-order valence-corrected chi connectivity index (χ4v) is 2.72. The number of benzene rings is 1. The zero-order chi connectivity index (χ0) is 17.4. The summed E-state index contributed by atoms with van der Waals surface area (Å²) < 4.78 is 15.7. The molecule has 1 atom stereocenters. The molecule has 0 radical (unpaired) electrons. The van der Waals surface area contributed by atoms with Gasteiger partial charge in [0.15, 0.2) is 11.5 Å². The minimum atomic E-state index is -0.773. The number of phenolic OH excluding ortho intramolecular Hbond substituents is 1. The lowest BCUT2D eigenvalue weighted by Crippen LogP contribution is -2.26. The number of methoxy groups -OCH3 is 1. The van der Waals surface area contributed by atoms with E-state index in [9.17, 15) is 15.2 Å². The maximum absolute atomic E-state index is 12.4. The van der Waals surface area contributed by atoms with Crippen LogP contribution in [0.15, 0.2) is 44.9 Å². The number of allylic oxidation sites excluding steroid dienone is 1. The molecular formula is C17H14N2O5. The van der Waals surface area contributed by atoms with E-state index in [0.717, 1.165) is 0 Å². The van der Waals surface area contributed by atoms with Crippen LogP contribution in [0.3, 0.4) is 0 Å². The molecule has 122 valence electrons. The van der Waals surface area contributed by atoms with Crippen LogP contribution in [0.4, 0.5) is 0 Å². The fraction of sp³-hybridized carbons (Fsp3) is 0.176. The molecule has 0 amide bonds. The Morgan fingerprint density at radius 1 is 1.38 bits per heavy atom. The Bertz CT molecular complexity index is 952. The lowest BCUT2D eigenvalue weighted by molar-refractivity contribution is 0.367. The largest absolute Gasteiger partial charge is 0.504 e. The Morgan fingerprint density at radius 3 is 2.79 bits per heavy atom. The van der Waals surface area contributed by atoms with E-state index in [2.05, 4.69) is 0 Å². The molecule has 2 aromatic rings. The maximum atomic E-state index is 12.4. The monoisotopic (exact) mass is 326 g/mol. The number of aryl methyl sites for hydroxylation is 1. The molecule has 0 fully saturated rings. The smallest absolute Gasteiger partial charge is 0.343 e. The van der Waals surface area contributed by atoms with Crippen LogP contribution in [0.5, 0.6) is 17.2 Å². The number of aromatic hydroxyl groups is 1. The number of rotatable bonds is 2. The van der Waals surface area contributed by atoms with Gasteiger partial charge in [-0.15, -0.1) is 0 Å². The van der Waals surface area contributed by atoms with Gasteiger partial charge in [-0.1, -0.05) is 6.07 Å². The second-order valence-electron chi connectivity index (χ2n) is 5.28. The molecule has 2 heterocycles. The van der Waals surface area contributed by atoms with E-state index in [1.54, 1.807) is 25.1 Å². The molecule has 0 saturated heterocycles. The Kier molecular flexibility index (Phi) is 3.66. The topological polar surface area (TPSA) is 119 Å². The Hall–Kier alpha value is -3.40. The number of hydrogen-bond donors (Lipinski definition) is 2. The number of nitrogens with zero attached hydrogens (tertiary/aromatic N) is 1. The second kappa shape index (κ2) is 5.66. The summed E-state index contributed by atoms with van der Waals surface area (Å²) >= 11 is 0. The first-order chi connectivity index (χ1) is 11.5. The first kappa shape index (κ1) is 15.5. The highest BCUT2D eigenvalue weighted by molar-refractivity contribution is 5.56. The van der Waals surface area contributed by atoms with Crippen molar-refractivity contribution in [2.24, 2.45) is 5.73 Å². The van der Waals surface area contributed by atoms with E-state index < -0.39 is 11.5 Å². The van der Waals surface area contributed by atoms with Gasteiger partial charge in [0.1, 0.15) is 23.2 Å². The summed E-state index contributed by atoms with van der Waals surface area (Å²) in [5.41, 5.74) is 6.06.